The Kier molecular flexibility index (Phi) is 7.46. The predicted octanol–water partition coefficient (Wildman–Crippen LogP) is 1.16. The van der Waals surface area contributed by atoms with Crippen LogP contribution in [0.5, 0.6) is 5.75 Å². The second-order valence-corrected chi connectivity index (χ2v) is 7.20. The van der Waals surface area contributed by atoms with E-state index in [1.54, 1.807) is 14.2 Å². The van der Waals surface area contributed by atoms with Gasteiger partial charge in [0.25, 0.3) is 0 Å². The van der Waals surface area contributed by atoms with Crippen LogP contribution in [0.3, 0.4) is 0 Å². The number of carbonyl (C=O) groups excluding carboxylic acids is 1. The summed E-state index contributed by atoms with van der Waals surface area (Å²) in [6, 6.07) is 8.70. The molecule has 2 aliphatic heterocycles. The lowest BCUT2D eigenvalue weighted by Gasteiger charge is -2.36. The number of amides is 1. The standard InChI is InChI=1S/C20H31N3O4/c1-25-10-11-27-14-19(24)23-8-6-15(7-9-23)20-18(13-21-22-20)16-4-3-5-17(12-16)26-2/h3-5,12,15,18,20-22H,6-11,13-14H2,1-2H3. The Hall–Kier alpha value is -1.67. The molecule has 2 heterocycles. The monoisotopic (exact) mass is 377 g/mol. The molecule has 0 saturated carbocycles. The molecule has 150 valence electrons. The van der Waals surface area contributed by atoms with E-state index in [4.69, 9.17) is 14.2 Å². The van der Waals surface area contributed by atoms with Crippen molar-refractivity contribution in [3.05, 3.63) is 29.8 Å². The molecule has 0 radical (unpaired) electrons. The van der Waals surface area contributed by atoms with Crippen molar-refractivity contribution in [1.82, 2.24) is 15.8 Å². The molecule has 1 aromatic rings. The van der Waals surface area contributed by atoms with E-state index in [1.165, 1.54) is 5.56 Å². The second-order valence-electron chi connectivity index (χ2n) is 7.20. The van der Waals surface area contributed by atoms with Gasteiger partial charge in [-0.05, 0) is 36.5 Å². The number of rotatable bonds is 8. The number of carbonyl (C=O) groups is 1. The molecule has 1 amide bonds. The highest BCUT2D eigenvalue weighted by Crippen LogP contribution is 2.33. The van der Waals surface area contributed by atoms with Crippen LogP contribution in [-0.2, 0) is 14.3 Å². The smallest absolute Gasteiger partial charge is 0.248 e. The number of likely N-dealkylation sites (tertiary alicyclic amines) is 1. The molecular formula is C20H31N3O4. The Morgan fingerprint density at radius 2 is 2.04 bits per heavy atom. The number of nitrogens with one attached hydrogen (secondary N) is 2. The van der Waals surface area contributed by atoms with E-state index in [1.807, 2.05) is 11.0 Å². The zero-order chi connectivity index (χ0) is 19.1. The highest BCUT2D eigenvalue weighted by Gasteiger charge is 2.36. The molecule has 2 saturated heterocycles. The Morgan fingerprint density at radius 1 is 1.22 bits per heavy atom. The summed E-state index contributed by atoms with van der Waals surface area (Å²) in [4.78, 5) is 14.2. The van der Waals surface area contributed by atoms with E-state index in [2.05, 4.69) is 29.1 Å². The fourth-order valence-electron chi connectivity index (χ4n) is 4.06. The Balaban J connectivity index is 1.51. The predicted molar refractivity (Wildman–Crippen MR) is 103 cm³/mol. The zero-order valence-electron chi connectivity index (χ0n) is 16.3. The van der Waals surface area contributed by atoms with Gasteiger partial charge in [-0.1, -0.05) is 12.1 Å². The normalized spacial score (nSPS) is 23.6. The Labute approximate surface area is 161 Å². The van der Waals surface area contributed by atoms with E-state index in [-0.39, 0.29) is 12.5 Å². The summed E-state index contributed by atoms with van der Waals surface area (Å²) in [5.74, 6) is 1.91. The van der Waals surface area contributed by atoms with Gasteiger partial charge in [0.2, 0.25) is 5.91 Å². The lowest BCUT2D eigenvalue weighted by atomic mass is 9.80. The van der Waals surface area contributed by atoms with Crippen LogP contribution in [0.15, 0.2) is 24.3 Å². The summed E-state index contributed by atoms with van der Waals surface area (Å²) in [5.41, 5.74) is 8.09. The van der Waals surface area contributed by atoms with Gasteiger partial charge in [-0.2, -0.15) is 0 Å². The summed E-state index contributed by atoms with van der Waals surface area (Å²) in [6.07, 6.45) is 2.01. The minimum absolute atomic E-state index is 0.0754. The van der Waals surface area contributed by atoms with Gasteiger partial charge in [0, 0.05) is 38.7 Å². The minimum Gasteiger partial charge on any atom is -0.497 e. The van der Waals surface area contributed by atoms with E-state index < -0.39 is 0 Å². The average molecular weight is 377 g/mol. The third kappa shape index (κ3) is 5.19. The first-order valence-corrected chi connectivity index (χ1v) is 9.69. The van der Waals surface area contributed by atoms with Crippen LogP contribution in [0.4, 0.5) is 0 Å². The molecule has 3 rings (SSSR count). The number of benzene rings is 1. The third-order valence-electron chi connectivity index (χ3n) is 5.60. The first-order valence-electron chi connectivity index (χ1n) is 9.69. The molecular weight excluding hydrogens is 346 g/mol. The van der Waals surface area contributed by atoms with E-state index in [0.717, 1.165) is 38.2 Å². The van der Waals surface area contributed by atoms with Crippen molar-refractivity contribution in [2.45, 2.75) is 24.8 Å². The maximum Gasteiger partial charge on any atom is 0.248 e. The van der Waals surface area contributed by atoms with Crippen molar-refractivity contribution in [1.29, 1.82) is 0 Å². The fourth-order valence-corrected chi connectivity index (χ4v) is 4.06. The van der Waals surface area contributed by atoms with Gasteiger partial charge in [-0.25, -0.2) is 0 Å². The van der Waals surface area contributed by atoms with Crippen molar-refractivity contribution in [2.24, 2.45) is 5.92 Å². The number of hydrogen-bond donors (Lipinski definition) is 2. The van der Waals surface area contributed by atoms with Gasteiger partial charge in [0.1, 0.15) is 12.4 Å². The van der Waals surface area contributed by atoms with Gasteiger partial charge < -0.3 is 19.1 Å². The molecule has 2 fully saturated rings. The van der Waals surface area contributed by atoms with Gasteiger partial charge in [-0.15, -0.1) is 0 Å². The van der Waals surface area contributed by atoms with Crippen molar-refractivity contribution < 1.29 is 19.0 Å². The van der Waals surface area contributed by atoms with E-state index >= 15 is 0 Å². The molecule has 7 heteroatoms. The van der Waals surface area contributed by atoms with Crippen LogP contribution < -0.4 is 15.6 Å². The highest BCUT2D eigenvalue weighted by molar-refractivity contribution is 5.77. The molecule has 27 heavy (non-hydrogen) atoms. The van der Waals surface area contributed by atoms with Crippen LogP contribution >= 0.6 is 0 Å². The topological polar surface area (TPSA) is 72.1 Å². The molecule has 2 N–H and O–H groups in total. The first-order chi connectivity index (χ1) is 13.2. The number of piperidine rings is 1. The number of methoxy groups -OCH3 is 2. The molecule has 2 aliphatic rings. The second kappa shape index (κ2) is 10.0. The summed E-state index contributed by atoms with van der Waals surface area (Å²) in [6.45, 7) is 3.61. The molecule has 0 aliphatic carbocycles. The van der Waals surface area contributed by atoms with Crippen molar-refractivity contribution in [3.63, 3.8) is 0 Å². The van der Waals surface area contributed by atoms with Gasteiger partial charge in [0.15, 0.2) is 0 Å². The van der Waals surface area contributed by atoms with Crippen LogP contribution in [0, 0.1) is 5.92 Å². The average Bonchev–Trinajstić information content (AvgIpc) is 3.21. The van der Waals surface area contributed by atoms with Gasteiger partial charge in [-0.3, -0.25) is 15.6 Å². The van der Waals surface area contributed by atoms with Crippen LogP contribution in [0.2, 0.25) is 0 Å². The quantitative estimate of drug-likeness (QED) is 0.663. The zero-order valence-corrected chi connectivity index (χ0v) is 16.3. The van der Waals surface area contributed by atoms with E-state index in [0.29, 0.717) is 31.1 Å². The molecule has 1 aromatic carbocycles. The molecule has 2 atom stereocenters. The number of hydrazine groups is 1. The molecule has 7 nitrogen and oxygen atoms in total. The highest BCUT2D eigenvalue weighted by atomic mass is 16.5. The molecule has 0 aromatic heterocycles. The summed E-state index contributed by atoms with van der Waals surface area (Å²) in [7, 11) is 3.33. The lowest BCUT2D eigenvalue weighted by molar-refractivity contribution is -0.138. The molecule has 2 unspecified atom stereocenters. The van der Waals surface area contributed by atoms with Gasteiger partial charge in [0.05, 0.1) is 20.3 Å². The minimum atomic E-state index is 0.0754. The third-order valence-corrected chi connectivity index (χ3v) is 5.60. The lowest BCUT2D eigenvalue weighted by Crippen LogP contribution is -2.46. The first kappa shape index (κ1) is 20.1. The van der Waals surface area contributed by atoms with Crippen LogP contribution in [0.25, 0.3) is 0 Å². The number of hydrogen-bond acceptors (Lipinski definition) is 6. The van der Waals surface area contributed by atoms with E-state index in [9.17, 15) is 4.79 Å². The van der Waals surface area contributed by atoms with Crippen molar-refractivity contribution in [3.8, 4) is 5.75 Å². The Bertz CT molecular complexity index is 605. The summed E-state index contributed by atoms with van der Waals surface area (Å²) < 4.78 is 15.7. The van der Waals surface area contributed by atoms with Crippen molar-refractivity contribution >= 4 is 5.91 Å². The maximum absolute atomic E-state index is 12.3. The summed E-state index contributed by atoms with van der Waals surface area (Å²) in [5, 5.41) is 0. The van der Waals surface area contributed by atoms with Crippen LogP contribution in [0.1, 0.15) is 24.3 Å². The summed E-state index contributed by atoms with van der Waals surface area (Å²) >= 11 is 0. The molecule has 0 spiro atoms. The molecule has 0 bridgehead atoms. The fraction of sp³-hybridized carbons (Fsp3) is 0.650. The number of nitrogens with zero attached hydrogens (tertiary/aromatic N) is 1. The van der Waals surface area contributed by atoms with Crippen molar-refractivity contribution in [2.75, 3.05) is 53.7 Å². The number of ether oxygens (including phenoxy) is 3. The maximum atomic E-state index is 12.3. The van der Waals surface area contributed by atoms with Gasteiger partial charge >= 0.3 is 0 Å². The Morgan fingerprint density at radius 3 is 2.78 bits per heavy atom. The SMILES string of the molecule is COCCOCC(=O)N1CCC(C2NNCC2c2cccc(OC)c2)CC1. The van der Waals surface area contributed by atoms with Crippen LogP contribution in [-0.4, -0.2) is 70.5 Å². The largest absolute Gasteiger partial charge is 0.497 e.